The van der Waals surface area contributed by atoms with Gasteiger partial charge in [-0.3, -0.25) is 19.3 Å². The van der Waals surface area contributed by atoms with Crippen LogP contribution in [0, 0.1) is 13.8 Å². The minimum Gasteiger partial charge on any atom is -0.462 e. The summed E-state index contributed by atoms with van der Waals surface area (Å²) >= 11 is 0.862. The Balaban J connectivity index is 1.52. The van der Waals surface area contributed by atoms with Crippen molar-refractivity contribution in [1.29, 1.82) is 0 Å². The Morgan fingerprint density at radius 1 is 1.06 bits per heavy atom. The van der Waals surface area contributed by atoms with Crippen molar-refractivity contribution in [3.8, 4) is 5.69 Å². The summed E-state index contributed by atoms with van der Waals surface area (Å²) in [7, 11) is 0. The predicted molar refractivity (Wildman–Crippen MR) is 134 cm³/mol. The molecule has 0 aliphatic carbocycles. The number of ether oxygens (including phenoxy) is 1. The fourth-order valence-corrected chi connectivity index (χ4v) is 5.28. The maximum atomic E-state index is 13.0. The van der Waals surface area contributed by atoms with Crippen LogP contribution in [0.25, 0.3) is 11.8 Å². The van der Waals surface area contributed by atoms with Gasteiger partial charge in [0.25, 0.3) is 11.1 Å². The van der Waals surface area contributed by atoms with Crippen LogP contribution in [0.15, 0.2) is 35.2 Å². The van der Waals surface area contributed by atoms with E-state index in [0.717, 1.165) is 58.6 Å². The summed E-state index contributed by atoms with van der Waals surface area (Å²) in [5, 5.41) is -0.421. The molecule has 8 nitrogen and oxygen atoms in total. The number of thioether (sulfide) groups is 1. The summed E-state index contributed by atoms with van der Waals surface area (Å²) in [6.07, 6.45) is 4.72. The Morgan fingerprint density at radius 3 is 2.40 bits per heavy atom. The smallest absolute Gasteiger partial charge is 0.338 e. The van der Waals surface area contributed by atoms with E-state index in [1.54, 1.807) is 30.0 Å². The molecule has 1 aromatic heterocycles. The Morgan fingerprint density at radius 2 is 1.74 bits per heavy atom. The molecule has 3 heterocycles. The van der Waals surface area contributed by atoms with Gasteiger partial charge in [-0.1, -0.05) is 0 Å². The largest absolute Gasteiger partial charge is 0.462 e. The van der Waals surface area contributed by atoms with Crippen LogP contribution in [0.3, 0.4) is 0 Å². The standard InChI is InChI=1S/C26H29N3O5S/c1-4-34-25(32)19-8-10-21(11-9-19)29-17(2)14-20(18(29)3)15-22-24(31)28(26(33)35-22)16-23(30)27-12-6-5-7-13-27/h8-11,14-15H,4-7,12-13,16H2,1-3H3/b22-15-. The number of hydrogen-bond donors (Lipinski definition) is 0. The van der Waals surface area contributed by atoms with Crippen molar-refractivity contribution in [2.45, 2.75) is 40.0 Å². The second-order valence-corrected chi connectivity index (χ2v) is 9.63. The van der Waals surface area contributed by atoms with Gasteiger partial charge in [-0.05, 0) is 93.8 Å². The molecular weight excluding hydrogens is 466 g/mol. The van der Waals surface area contributed by atoms with Crippen molar-refractivity contribution in [3.63, 3.8) is 0 Å². The summed E-state index contributed by atoms with van der Waals surface area (Å²) in [5.41, 5.74) is 3.99. The average Bonchev–Trinajstić information content (AvgIpc) is 3.28. The number of nitrogens with zero attached hydrogens (tertiary/aromatic N) is 3. The molecule has 184 valence electrons. The lowest BCUT2D eigenvalue weighted by Gasteiger charge is -2.27. The van der Waals surface area contributed by atoms with Crippen LogP contribution < -0.4 is 0 Å². The lowest BCUT2D eigenvalue weighted by Crippen LogP contribution is -2.44. The number of amides is 3. The van der Waals surface area contributed by atoms with E-state index in [1.807, 2.05) is 36.6 Å². The third-order valence-corrected chi connectivity index (χ3v) is 7.18. The lowest BCUT2D eigenvalue weighted by molar-refractivity contribution is -0.136. The molecule has 2 aromatic rings. The summed E-state index contributed by atoms with van der Waals surface area (Å²) < 4.78 is 7.06. The highest BCUT2D eigenvalue weighted by Crippen LogP contribution is 2.34. The van der Waals surface area contributed by atoms with Crippen LogP contribution in [0.2, 0.25) is 0 Å². The summed E-state index contributed by atoms with van der Waals surface area (Å²) in [5.74, 6) is -0.984. The molecule has 9 heteroatoms. The van der Waals surface area contributed by atoms with E-state index < -0.39 is 11.1 Å². The number of hydrogen-bond acceptors (Lipinski definition) is 6. The number of carbonyl (C=O) groups is 4. The zero-order valence-corrected chi connectivity index (χ0v) is 21.0. The summed E-state index contributed by atoms with van der Waals surface area (Å²) in [4.78, 5) is 53.1. The van der Waals surface area contributed by atoms with Crippen molar-refractivity contribution in [1.82, 2.24) is 14.4 Å². The van der Waals surface area contributed by atoms with Crippen molar-refractivity contribution in [3.05, 3.63) is 57.8 Å². The highest BCUT2D eigenvalue weighted by Gasteiger charge is 2.37. The monoisotopic (exact) mass is 495 g/mol. The Kier molecular flexibility index (Phi) is 7.45. The molecule has 2 fully saturated rings. The number of aryl methyl sites for hydroxylation is 1. The van der Waals surface area contributed by atoms with E-state index in [1.165, 1.54) is 0 Å². The lowest BCUT2D eigenvalue weighted by atomic mass is 10.1. The van der Waals surface area contributed by atoms with Gasteiger partial charge in [-0.2, -0.15) is 0 Å². The molecule has 2 aliphatic rings. The summed E-state index contributed by atoms with van der Waals surface area (Å²) in [6, 6.07) is 9.07. The molecule has 35 heavy (non-hydrogen) atoms. The van der Waals surface area contributed by atoms with Gasteiger partial charge in [0.15, 0.2) is 0 Å². The number of esters is 1. The fraction of sp³-hybridized carbons (Fsp3) is 0.385. The number of carbonyl (C=O) groups excluding carboxylic acids is 4. The van der Waals surface area contributed by atoms with Crippen LogP contribution in [-0.4, -0.2) is 63.6 Å². The van der Waals surface area contributed by atoms with Crippen molar-refractivity contribution < 1.29 is 23.9 Å². The molecule has 2 aliphatic heterocycles. The van der Waals surface area contributed by atoms with Crippen LogP contribution in [-0.2, 0) is 14.3 Å². The van der Waals surface area contributed by atoms with E-state index in [-0.39, 0.29) is 18.4 Å². The Bertz CT molecular complexity index is 1190. The van der Waals surface area contributed by atoms with E-state index >= 15 is 0 Å². The van der Waals surface area contributed by atoms with Crippen LogP contribution >= 0.6 is 11.8 Å². The summed E-state index contributed by atoms with van der Waals surface area (Å²) in [6.45, 7) is 7.11. The number of imide groups is 1. The number of likely N-dealkylation sites (tertiary alicyclic amines) is 1. The minimum atomic E-state index is -0.436. The maximum absolute atomic E-state index is 13.0. The SMILES string of the molecule is CCOC(=O)c1ccc(-n2c(C)cc(/C=C3\SC(=O)N(CC(=O)N4CCCCC4)C3=O)c2C)cc1. The van der Waals surface area contributed by atoms with Gasteiger partial charge in [0, 0.05) is 30.2 Å². The molecule has 4 rings (SSSR count). The molecule has 0 saturated carbocycles. The van der Waals surface area contributed by atoms with Gasteiger partial charge < -0.3 is 14.2 Å². The third kappa shape index (κ3) is 5.19. The van der Waals surface area contributed by atoms with Gasteiger partial charge in [0.05, 0.1) is 17.1 Å². The molecule has 3 amide bonds. The second-order valence-electron chi connectivity index (χ2n) is 8.64. The van der Waals surface area contributed by atoms with Gasteiger partial charge in [-0.25, -0.2) is 4.79 Å². The van der Waals surface area contributed by atoms with E-state index in [0.29, 0.717) is 30.2 Å². The number of benzene rings is 1. The predicted octanol–water partition coefficient (Wildman–Crippen LogP) is 4.32. The molecule has 0 radical (unpaired) electrons. The quantitative estimate of drug-likeness (QED) is 0.438. The van der Waals surface area contributed by atoms with Crippen molar-refractivity contribution in [2.24, 2.45) is 0 Å². The van der Waals surface area contributed by atoms with Gasteiger partial charge in [-0.15, -0.1) is 0 Å². The number of aromatic nitrogens is 1. The van der Waals surface area contributed by atoms with E-state index in [2.05, 4.69) is 0 Å². The first-order chi connectivity index (χ1) is 16.8. The van der Waals surface area contributed by atoms with Crippen LogP contribution in [0.4, 0.5) is 4.79 Å². The van der Waals surface area contributed by atoms with Crippen molar-refractivity contribution in [2.75, 3.05) is 26.2 Å². The van der Waals surface area contributed by atoms with Gasteiger partial charge >= 0.3 is 5.97 Å². The molecule has 0 N–H and O–H groups in total. The topological polar surface area (TPSA) is 88.9 Å². The second kappa shape index (κ2) is 10.5. The molecular formula is C26H29N3O5S. The van der Waals surface area contributed by atoms with Crippen LogP contribution in [0.5, 0.6) is 0 Å². The van der Waals surface area contributed by atoms with Crippen molar-refractivity contribution >= 4 is 40.9 Å². The molecule has 0 bridgehead atoms. The Labute approximate surface area is 208 Å². The first kappa shape index (κ1) is 24.8. The van der Waals surface area contributed by atoms with Gasteiger partial charge in [0.2, 0.25) is 5.91 Å². The number of rotatable bonds is 6. The minimum absolute atomic E-state index is 0.183. The average molecular weight is 496 g/mol. The fourth-order valence-electron chi connectivity index (χ4n) is 4.45. The highest BCUT2D eigenvalue weighted by atomic mass is 32.2. The molecule has 0 atom stereocenters. The molecule has 2 saturated heterocycles. The maximum Gasteiger partial charge on any atom is 0.338 e. The Hall–Kier alpha value is -3.33. The molecule has 0 unspecified atom stereocenters. The highest BCUT2D eigenvalue weighted by molar-refractivity contribution is 8.18. The number of piperidine rings is 1. The normalized spacial score (nSPS) is 17.4. The van der Waals surface area contributed by atoms with E-state index in [9.17, 15) is 19.2 Å². The first-order valence-corrected chi connectivity index (χ1v) is 12.6. The molecule has 0 spiro atoms. The first-order valence-electron chi connectivity index (χ1n) is 11.8. The van der Waals surface area contributed by atoms with E-state index in [4.69, 9.17) is 4.74 Å². The third-order valence-electron chi connectivity index (χ3n) is 6.27. The van der Waals surface area contributed by atoms with Crippen LogP contribution in [0.1, 0.15) is 53.5 Å². The molecule has 1 aromatic carbocycles. The zero-order chi connectivity index (χ0) is 25.1. The van der Waals surface area contributed by atoms with Gasteiger partial charge in [0.1, 0.15) is 6.54 Å². The zero-order valence-electron chi connectivity index (χ0n) is 20.2.